The zero-order valence-corrected chi connectivity index (χ0v) is 35.6. The molecule has 64 heavy (non-hydrogen) atoms. The van der Waals surface area contributed by atoms with Crippen molar-refractivity contribution in [2.45, 2.75) is 24.7 Å². The molecule has 0 atom stereocenters. The van der Waals surface area contributed by atoms with E-state index in [1.165, 1.54) is 77.5 Å². The van der Waals surface area contributed by atoms with Gasteiger partial charge in [-0.2, -0.15) is 0 Å². The van der Waals surface area contributed by atoms with E-state index in [0.29, 0.717) is 0 Å². The van der Waals surface area contributed by atoms with Gasteiger partial charge in [-0.3, -0.25) is 0 Å². The summed E-state index contributed by atoms with van der Waals surface area (Å²) in [5.41, 5.74) is 22.2. The number of para-hydroxylation sites is 1. The van der Waals surface area contributed by atoms with Crippen molar-refractivity contribution >= 4 is 49.8 Å². The second kappa shape index (κ2) is 12.8. The molecule has 0 N–H and O–H groups in total. The second-order valence-corrected chi connectivity index (χ2v) is 18.3. The third-order valence-electron chi connectivity index (χ3n) is 14.9. The fraction of sp³-hybridized carbons (Fsp3) is 0.0645. The Morgan fingerprint density at radius 1 is 0.375 bits per heavy atom. The van der Waals surface area contributed by atoms with Crippen LogP contribution < -0.4 is 4.90 Å². The summed E-state index contributed by atoms with van der Waals surface area (Å²) in [4.78, 5) is 2.53. The van der Waals surface area contributed by atoms with Crippen molar-refractivity contribution in [1.82, 2.24) is 0 Å². The molecular weight excluding hydrogens is 775 g/mol. The lowest BCUT2D eigenvalue weighted by molar-refractivity contribution is 0.660. The van der Waals surface area contributed by atoms with Gasteiger partial charge >= 0.3 is 0 Å². The summed E-state index contributed by atoms with van der Waals surface area (Å²) in [6.45, 7) is 4.75. The van der Waals surface area contributed by atoms with Gasteiger partial charge in [-0.1, -0.05) is 202 Å². The molecule has 1 heterocycles. The van der Waals surface area contributed by atoms with Crippen LogP contribution in [0.25, 0.3) is 77.2 Å². The first-order valence-corrected chi connectivity index (χ1v) is 22.4. The summed E-state index contributed by atoms with van der Waals surface area (Å²) >= 11 is 0. The van der Waals surface area contributed by atoms with Gasteiger partial charge in [-0.15, -0.1) is 0 Å². The normalized spacial score (nSPS) is 14.3. The average Bonchev–Trinajstić information content (AvgIpc) is 4.05. The molecule has 1 spiro atoms. The van der Waals surface area contributed by atoms with Crippen LogP contribution in [0, 0.1) is 0 Å². The molecule has 3 aliphatic rings. The Bertz CT molecular complexity index is 3730. The first-order chi connectivity index (χ1) is 31.5. The van der Waals surface area contributed by atoms with Gasteiger partial charge in [0.15, 0.2) is 5.58 Å². The van der Waals surface area contributed by atoms with E-state index in [0.717, 1.165) is 50.1 Å². The van der Waals surface area contributed by atoms with Crippen LogP contribution in [0.1, 0.15) is 47.2 Å². The van der Waals surface area contributed by atoms with Crippen molar-refractivity contribution < 1.29 is 4.42 Å². The van der Waals surface area contributed by atoms with Crippen molar-refractivity contribution in [3.8, 4) is 44.5 Å². The summed E-state index contributed by atoms with van der Waals surface area (Å²) in [6, 6.07) is 78.8. The lowest BCUT2D eigenvalue weighted by Gasteiger charge is -2.32. The van der Waals surface area contributed by atoms with E-state index in [4.69, 9.17) is 4.42 Å². The Hall–Kier alpha value is -7.94. The summed E-state index contributed by atoms with van der Waals surface area (Å²) < 4.78 is 7.42. The summed E-state index contributed by atoms with van der Waals surface area (Å²) in [6.07, 6.45) is 0. The molecule has 0 aliphatic heterocycles. The van der Waals surface area contributed by atoms with Crippen LogP contribution in [-0.4, -0.2) is 0 Å². The maximum absolute atomic E-state index is 7.42. The molecule has 0 radical (unpaired) electrons. The second-order valence-electron chi connectivity index (χ2n) is 18.3. The standard InChI is InChI=1S/C62H41NO/c1-61(2)49-28-12-8-22-43(49)46-35-34-40(37-54(46)61)63(56-36-39-20-6-7-21-41(39)57-48-27-16-26-42(59(48)64-60(56)57)38-18-4-3-5-19-38)55-33-17-32-53-58(55)47-25-11-15-31-52(47)62(53)50-29-13-9-23-44(50)45-24-10-14-30-51(45)62/h3-37H,1-2H3. The van der Waals surface area contributed by atoms with Crippen LogP contribution >= 0.6 is 0 Å². The highest BCUT2D eigenvalue weighted by Gasteiger charge is 2.52. The molecule has 300 valence electrons. The summed E-state index contributed by atoms with van der Waals surface area (Å²) in [7, 11) is 0. The third kappa shape index (κ3) is 4.49. The number of furan rings is 1. The Morgan fingerprint density at radius 2 is 0.922 bits per heavy atom. The lowest BCUT2D eigenvalue weighted by atomic mass is 9.70. The highest BCUT2D eigenvalue weighted by Crippen LogP contribution is 2.65. The van der Waals surface area contributed by atoms with Gasteiger partial charge in [-0.25, -0.2) is 0 Å². The molecule has 10 aromatic carbocycles. The van der Waals surface area contributed by atoms with Crippen LogP contribution in [0.2, 0.25) is 0 Å². The Balaban J connectivity index is 1.12. The van der Waals surface area contributed by atoms with Gasteiger partial charge in [0, 0.05) is 33.0 Å². The Morgan fingerprint density at radius 3 is 1.67 bits per heavy atom. The SMILES string of the molecule is CC1(C)c2ccccc2-c2ccc(N(c3cccc4c3-c3ccccc3C43c4ccccc4-c4ccccc43)c3cc4ccccc4c4c3oc3c(-c5ccccc5)cccc34)cc21. The molecule has 1 aromatic heterocycles. The van der Waals surface area contributed by atoms with Crippen LogP contribution in [0.5, 0.6) is 0 Å². The fourth-order valence-corrected chi connectivity index (χ4v) is 12.2. The van der Waals surface area contributed by atoms with Gasteiger partial charge in [-0.05, 0) is 102 Å². The zero-order valence-electron chi connectivity index (χ0n) is 35.6. The topological polar surface area (TPSA) is 16.4 Å². The number of benzene rings is 10. The number of hydrogen-bond donors (Lipinski definition) is 0. The molecule has 14 rings (SSSR count). The van der Waals surface area contributed by atoms with E-state index in [1.807, 2.05) is 0 Å². The molecule has 0 unspecified atom stereocenters. The van der Waals surface area contributed by atoms with Crippen molar-refractivity contribution in [2.75, 3.05) is 4.90 Å². The largest absolute Gasteiger partial charge is 0.453 e. The van der Waals surface area contributed by atoms with Crippen molar-refractivity contribution in [3.05, 3.63) is 246 Å². The Labute approximate surface area is 372 Å². The lowest BCUT2D eigenvalue weighted by Crippen LogP contribution is -2.26. The highest BCUT2D eigenvalue weighted by atomic mass is 16.3. The fourth-order valence-electron chi connectivity index (χ4n) is 12.2. The number of nitrogens with zero attached hydrogens (tertiary/aromatic N) is 1. The molecule has 0 saturated heterocycles. The summed E-state index contributed by atoms with van der Waals surface area (Å²) in [5, 5.41) is 4.58. The van der Waals surface area contributed by atoms with E-state index in [-0.39, 0.29) is 5.41 Å². The van der Waals surface area contributed by atoms with Crippen molar-refractivity contribution in [1.29, 1.82) is 0 Å². The first-order valence-electron chi connectivity index (χ1n) is 22.4. The molecule has 0 bridgehead atoms. The zero-order chi connectivity index (χ0) is 42.3. The van der Waals surface area contributed by atoms with Gasteiger partial charge < -0.3 is 9.32 Å². The predicted molar refractivity (Wildman–Crippen MR) is 265 cm³/mol. The molecule has 0 fully saturated rings. The maximum atomic E-state index is 7.42. The molecule has 11 aromatic rings. The molecule has 0 amide bonds. The van der Waals surface area contributed by atoms with E-state index in [9.17, 15) is 0 Å². The van der Waals surface area contributed by atoms with Crippen molar-refractivity contribution in [3.63, 3.8) is 0 Å². The molecule has 2 heteroatoms. The smallest absolute Gasteiger partial charge is 0.160 e. The number of fused-ring (bicyclic) bond motifs is 18. The van der Waals surface area contributed by atoms with Gasteiger partial charge in [0.25, 0.3) is 0 Å². The van der Waals surface area contributed by atoms with Gasteiger partial charge in [0.1, 0.15) is 5.58 Å². The van der Waals surface area contributed by atoms with E-state index in [2.05, 4.69) is 231 Å². The van der Waals surface area contributed by atoms with Gasteiger partial charge in [0.2, 0.25) is 0 Å². The predicted octanol–water partition coefficient (Wildman–Crippen LogP) is 16.5. The van der Waals surface area contributed by atoms with E-state index in [1.54, 1.807) is 0 Å². The number of rotatable bonds is 4. The molecule has 0 saturated carbocycles. The third-order valence-corrected chi connectivity index (χ3v) is 14.9. The van der Waals surface area contributed by atoms with Crippen LogP contribution in [0.3, 0.4) is 0 Å². The number of hydrogen-bond acceptors (Lipinski definition) is 2. The van der Waals surface area contributed by atoms with Crippen molar-refractivity contribution in [2.24, 2.45) is 0 Å². The maximum Gasteiger partial charge on any atom is 0.160 e. The van der Waals surface area contributed by atoms with E-state index < -0.39 is 5.41 Å². The van der Waals surface area contributed by atoms with E-state index >= 15 is 0 Å². The van der Waals surface area contributed by atoms with Crippen LogP contribution in [0.15, 0.2) is 217 Å². The minimum atomic E-state index is -0.481. The molecule has 3 aliphatic carbocycles. The molecular formula is C62H41NO. The summed E-state index contributed by atoms with van der Waals surface area (Å²) in [5.74, 6) is 0. The number of anilines is 3. The highest BCUT2D eigenvalue weighted by molar-refractivity contribution is 6.24. The minimum absolute atomic E-state index is 0.192. The quantitative estimate of drug-likeness (QED) is 0.176. The molecule has 2 nitrogen and oxygen atoms in total. The average molecular weight is 816 g/mol. The first kappa shape index (κ1) is 35.6. The van der Waals surface area contributed by atoms with Gasteiger partial charge in [0.05, 0.1) is 16.8 Å². The van der Waals surface area contributed by atoms with Crippen LogP contribution in [-0.2, 0) is 10.8 Å². The van der Waals surface area contributed by atoms with Crippen LogP contribution in [0.4, 0.5) is 17.1 Å². The Kier molecular flexibility index (Phi) is 7.13. The monoisotopic (exact) mass is 815 g/mol. The minimum Gasteiger partial charge on any atom is -0.453 e.